The Hall–Kier alpha value is -1.26. The molecule has 0 aromatic rings. The average Bonchev–Trinajstić information content (AvgIpc) is 3.08. The quantitative estimate of drug-likeness (QED) is 0.651. The molecule has 4 atom stereocenters. The molecule has 0 aromatic heterocycles. The van der Waals surface area contributed by atoms with Crippen LogP contribution in [-0.2, 0) is 4.79 Å². The van der Waals surface area contributed by atoms with Gasteiger partial charge in [0.1, 0.15) is 6.04 Å². The molecule has 0 radical (unpaired) electrons. The van der Waals surface area contributed by atoms with E-state index in [0.29, 0.717) is 18.9 Å². The highest BCUT2D eigenvalue weighted by molar-refractivity contribution is 5.85. The molecule has 1 spiro atoms. The van der Waals surface area contributed by atoms with Crippen LogP contribution in [0.25, 0.3) is 0 Å². The molecular formula is C23H41N3O2. The van der Waals surface area contributed by atoms with E-state index in [1.807, 2.05) is 6.92 Å². The lowest BCUT2D eigenvalue weighted by Gasteiger charge is -2.49. The molecule has 5 heteroatoms. The Kier molecular flexibility index (Phi) is 6.03. The van der Waals surface area contributed by atoms with Gasteiger partial charge in [-0.1, -0.05) is 52.9 Å². The molecule has 4 fully saturated rings. The summed E-state index contributed by atoms with van der Waals surface area (Å²) < 4.78 is 0. The van der Waals surface area contributed by atoms with Crippen molar-refractivity contribution in [2.24, 2.45) is 33.8 Å². The van der Waals surface area contributed by atoms with Gasteiger partial charge in [0.2, 0.25) is 5.91 Å². The van der Waals surface area contributed by atoms with Crippen LogP contribution in [0.2, 0.25) is 0 Å². The van der Waals surface area contributed by atoms with Gasteiger partial charge in [-0.05, 0) is 67.1 Å². The maximum atomic E-state index is 11.4. The summed E-state index contributed by atoms with van der Waals surface area (Å²) in [7, 11) is 0. The van der Waals surface area contributed by atoms with Crippen LogP contribution >= 0.6 is 0 Å². The zero-order valence-corrected chi connectivity index (χ0v) is 18.4. The van der Waals surface area contributed by atoms with E-state index in [4.69, 9.17) is 5.73 Å². The van der Waals surface area contributed by atoms with Crippen LogP contribution in [0.3, 0.4) is 0 Å². The van der Waals surface area contributed by atoms with Crippen molar-refractivity contribution < 1.29 is 9.59 Å². The third-order valence-electron chi connectivity index (χ3n) is 8.95. The molecule has 3 unspecified atom stereocenters. The number of primary amides is 1. The van der Waals surface area contributed by atoms with Gasteiger partial charge in [-0.15, -0.1) is 0 Å². The summed E-state index contributed by atoms with van der Waals surface area (Å²) in [4.78, 5) is 22.7. The Morgan fingerprint density at radius 1 is 1.04 bits per heavy atom. The van der Waals surface area contributed by atoms with E-state index in [2.05, 4.69) is 31.4 Å². The normalized spacial score (nSPS) is 35.9. The van der Waals surface area contributed by atoms with E-state index in [-0.39, 0.29) is 6.03 Å². The maximum absolute atomic E-state index is 11.4. The second-order valence-corrected chi connectivity index (χ2v) is 10.5. The number of rotatable bonds is 5. The third-order valence-corrected chi connectivity index (χ3v) is 8.95. The van der Waals surface area contributed by atoms with Gasteiger partial charge in [-0.3, -0.25) is 4.79 Å². The van der Waals surface area contributed by atoms with Gasteiger partial charge in [0.15, 0.2) is 0 Å². The highest BCUT2D eigenvalue weighted by Crippen LogP contribution is 2.90. The van der Waals surface area contributed by atoms with Crippen LogP contribution < -0.4 is 16.4 Å². The van der Waals surface area contributed by atoms with Crippen LogP contribution in [0.5, 0.6) is 0 Å². The number of carbonyl (C=O) groups is 2. The van der Waals surface area contributed by atoms with E-state index in [1.165, 1.54) is 38.5 Å². The van der Waals surface area contributed by atoms with Crippen LogP contribution in [0.1, 0.15) is 91.9 Å². The molecule has 160 valence electrons. The molecule has 4 aliphatic rings. The summed E-state index contributed by atoms with van der Waals surface area (Å²) in [5, 5.41) is 5.25. The number of urea groups is 1. The van der Waals surface area contributed by atoms with Crippen LogP contribution in [0.15, 0.2) is 0 Å². The SMILES string of the molecule is CC12CCC3C(C)(C)C31CC2.CCNC(=O)N[C@H](CC1CCCCC1)C(N)=O. The molecule has 0 aliphatic heterocycles. The zero-order chi connectivity index (χ0) is 20.6. The number of carbonyl (C=O) groups excluding carboxylic acids is 2. The second-order valence-electron chi connectivity index (χ2n) is 10.5. The fraction of sp³-hybridized carbons (Fsp3) is 0.913. The molecule has 4 saturated carbocycles. The fourth-order valence-corrected chi connectivity index (χ4v) is 7.27. The predicted octanol–water partition coefficient (Wildman–Crippen LogP) is 4.35. The fourth-order valence-electron chi connectivity index (χ4n) is 7.27. The average molecular weight is 392 g/mol. The van der Waals surface area contributed by atoms with Crippen molar-refractivity contribution in [1.29, 1.82) is 0 Å². The van der Waals surface area contributed by atoms with Crippen molar-refractivity contribution in [3.63, 3.8) is 0 Å². The molecule has 5 nitrogen and oxygen atoms in total. The van der Waals surface area contributed by atoms with Crippen molar-refractivity contribution in [2.75, 3.05) is 6.54 Å². The highest BCUT2D eigenvalue weighted by atomic mass is 16.2. The molecule has 0 aromatic carbocycles. The topological polar surface area (TPSA) is 84.2 Å². The lowest BCUT2D eigenvalue weighted by atomic mass is 9.56. The lowest BCUT2D eigenvalue weighted by molar-refractivity contribution is -0.120. The maximum Gasteiger partial charge on any atom is 0.315 e. The van der Waals surface area contributed by atoms with Crippen LogP contribution in [0.4, 0.5) is 4.79 Å². The number of amides is 3. The molecule has 0 bridgehead atoms. The second kappa shape index (κ2) is 7.87. The van der Waals surface area contributed by atoms with Gasteiger partial charge in [0.05, 0.1) is 0 Å². The van der Waals surface area contributed by atoms with Gasteiger partial charge in [0.25, 0.3) is 0 Å². The summed E-state index contributed by atoms with van der Waals surface area (Å²) in [6, 6.07) is -0.850. The van der Waals surface area contributed by atoms with E-state index < -0.39 is 11.9 Å². The molecule has 28 heavy (non-hydrogen) atoms. The summed E-state index contributed by atoms with van der Waals surface area (Å²) >= 11 is 0. The number of nitrogens with two attached hydrogens (primary N) is 1. The molecule has 3 amide bonds. The molecule has 4 N–H and O–H groups in total. The van der Waals surface area contributed by atoms with Gasteiger partial charge >= 0.3 is 6.03 Å². The minimum absolute atomic E-state index is 0.313. The third kappa shape index (κ3) is 3.54. The standard InChI is InChI=1S/C12H23N3O2.C11H18/c1-2-14-12(17)15-10(11(13)16)8-9-6-4-3-5-7-9;1-9(2)8-4-5-10(3)6-7-11(8,9)10/h9-10H,2-8H2,1H3,(H2,13,16)(H2,14,15,17);8H,4-7H2,1-3H3/t10-;/m1./s1. The van der Waals surface area contributed by atoms with Crippen molar-refractivity contribution in [3.05, 3.63) is 0 Å². The van der Waals surface area contributed by atoms with Crippen LogP contribution in [-0.4, -0.2) is 24.5 Å². The van der Waals surface area contributed by atoms with Crippen molar-refractivity contribution >= 4 is 11.9 Å². The Balaban J connectivity index is 0.000000173. The first-order valence-electron chi connectivity index (χ1n) is 11.5. The molecule has 0 heterocycles. The molecular weight excluding hydrogens is 350 g/mol. The van der Waals surface area contributed by atoms with Crippen molar-refractivity contribution in [3.8, 4) is 0 Å². The summed E-state index contributed by atoms with van der Waals surface area (Å²) in [6.45, 7) is 9.90. The van der Waals surface area contributed by atoms with E-state index in [1.54, 1.807) is 6.42 Å². The number of hydrogen-bond acceptors (Lipinski definition) is 2. The minimum atomic E-state index is -0.537. The Morgan fingerprint density at radius 3 is 2.14 bits per heavy atom. The number of nitrogens with one attached hydrogen (secondary N) is 2. The Morgan fingerprint density at radius 2 is 1.71 bits per heavy atom. The zero-order valence-electron chi connectivity index (χ0n) is 18.4. The van der Waals surface area contributed by atoms with E-state index in [0.717, 1.165) is 35.0 Å². The summed E-state index contributed by atoms with van der Waals surface area (Å²) in [5.41, 5.74) is 7.65. The predicted molar refractivity (Wildman–Crippen MR) is 113 cm³/mol. The van der Waals surface area contributed by atoms with Crippen molar-refractivity contribution in [1.82, 2.24) is 10.6 Å². The Labute approximate surface area is 171 Å². The Bertz CT molecular complexity index is 599. The molecule has 4 rings (SSSR count). The van der Waals surface area contributed by atoms with E-state index in [9.17, 15) is 9.59 Å². The first-order chi connectivity index (χ1) is 13.2. The monoisotopic (exact) mass is 391 g/mol. The summed E-state index contributed by atoms with van der Waals surface area (Å²) in [6.07, 6.45) is 12.8. The van der Waals surface area contributed by atoms with Gasteiger partial charge in [0, 0.05) is 6.54 Å². The summed E-state index contributed by atoms with van der Waals surface area (Å²) in [5.74, 6) is 1.18. The minimum Gasteiger partial charge on any atom is -0.368 e. The van der Waals surface area contributed by atoms with Gasteiger partial charge in [-0.25, -0.2) is 4.79 Å². The molecule has 4 aliphatic carbocycles. The van der Waals surface area contributed by atoms with Gasteiger partial charge < -0.3 is 16.4 Å². The van der Waals surface area contributed by atoms with Crippen LogP contribution in [0, 0.1) is 28.1 Å². The molecule has 0 saturated heterocycles. The first kappa shape index (κ1) is 21.4. The smallest absolute Gasteiger partial charge is 0.315 e. The van der Waals surface area contributed by atoms with Crippen molar-refractivity contribution in [2.45, 2.75) is 97.9 Å². The van der Waals surface area contributed by atoms with Gasteiger partial charge in [-0.2, -0.15) is 0 Å². The largest absolute Gasteiger partial charge is 0.368 e. The first-order valence-corrected chi connectivity index (χ1v) is 11.5. The highest BCUT2D eigenvalue weighted by Gasteiger charge is 2.83. The number of hydrogen-bond donors (Lipinski definition) is 3. The van der Waals surface area contributed by atoms with E-state index >= 15 is 0 Å². The lowest BCUT2D eigenvalue weighted by Crippen LogP contribution is -2.49.